The van der Waals surface area contributed by atoms with Crippen LogP contribution in [0.15, 0.2) is 12.3 Å². The van der Waals surface area contributed by atoms with E-state index >= 15 is 0 Å². The van der Waals surface area contributed by atoms with Crippen LogP contribution in [0.1, 0.15) is 19.8 Å². The van der Waals surface area contributed by atoms with Gasteiger partial charge in [0.25, 0.3) is 0 Å². The first-order chi connectivity index (χ1) is 5.16. The zero-order chi connectivity index (χ0) is 8.32. The SMILES string of the molecule is COC(=O)/C=C/NC1(C)CC1. The third-order valence-electron chi connectivity index (χ3n) is 1.85. The smallest absolute Gasteiger partial charge is 0.331 e. The lowest BCUT2D eigenvalue weighted by Crippen LogP contribution is -2.21. The molecule has 1 N–H and O–H groups in total. The zero-order valence-electron chi connectivity index (χ0n) is 6.89. The molecule has 1 fully saturated rings. The normalized spacial score (nSPS) is 19.8. The molecule has 1 aliphatic rings. The van der Waals surface area contributed by atoms with Gasteiger partial charge in [-0.2, -0.15) is 0 Å². The average Bonchev–Trinajstić information content (AvgIpc) is 2.68. The van der Waals surface area contributed by atoms with Gasteiger partial charge in [0.1, 0.15) is 0 Å². The summed E-state index contributed by atoms with van der Waals surface area (Å²) in [5.41, 5.74) is 0.241. The first-order valence-electron chi connectivity index (χ1n) is 3.68. The minimum absolute atomic E-state index is 0.241. The Hall–Kier alpha value is -0.990. The molecular formula is C8H13NO2. The van der Waals surface area contributed by atoms with Crippen molar-refractivity contribution in [3.63, 3.8) is 0 Å². The van der Waals surface area contributed by atoms with Crippen molar-refractivity contribution in [2.45, 2.75) is 25.3 Å². The number of methoxy groups -OCH3 is 1. The molecule has 0 saturated heterocycles. The van der Waals surface area contributed by atoms with Crippen molar-refractivity contribution < 1.29 is 9.53 Å². The van der Waals surface area contributed by atoms with E-state index in [-0.39, 0.29) is 11.5 Å². The van der Waals surface area contributed by atoms with Gasteiger partial charge in [-0.05, 0) is 19.8 Å². The molecule has 0 heterocycles. The molecule has 0 atom stereocenters. The van der Waals surface area contributed by atoms with Gasteiger partial charge in [0, 0.05) is 17.8 Å². The summed E-state index contributed by atoms with van der Waals surface area (Å²) in [5.74, 6) is -0.318. The lowest BCUT2D eigenvalue weighted by Gasteiger charge is -2.06. The van der Waals surface area contributed by atoms with Gasteiger partial charge < -0.3 is 10.1 Å². The van der Waals surface area contributed by atoms with Crippen molar-refractivity contribution in [3.8, 4) is 0 Å². The number of carbonyl (C=O) groups is 1. The summed E-state index contributed by atoms with van der Waals surface area (Å²) in [6, 6.07) is 0. The van der Waals surface area contributed by atoms with Gasteiger partial charge in [0.05, 0.1) is 7.11 Å². The summed E-state index contributed by atoms with van der Waals surface area (Å²) in [7, 11) is 1.37. The summed E-state index contributed by atoms with van der Waals surface area (Å²) in [6.45, 7) is 2.12. The van der Waals surface area contributed by atoms with Crippen LogP contribution in [0.2, 0.25) is 0 Å². The Morgan fingerprint density at radius 2 is 2.27 bits per heavy atom. The number of hydrogen-bond donors (Lipinski definition) is 1. The van der Waals surface area contributed by atoms with E-state index in [1.54, 1.807) is 6.20 Å². The summed E-state index contributed by atoms with van der Waals surface area (Å²) in [6.07, 6.45) is 5.40. The molecule has 0 amide bonds. The Kier molecular flexibility index (Phi) is 2.17. The van der Waals surface area contributed by atoms with Crippen LogP contribution in [-0.4, -0.2) is 18.6 Å². The van der Waals surface area contributed by atoms with Crippen molar-refractivity contribution in [3.05, 3.63) is 12.3 Å². The Morgan fingerprint density at radius 3 is 2.73 bits per heavy atom. The molecule has 3 nitrogen and oxygen atoms in total. The van der Waals surface area contributed by atoms with Crippen molar-refractivity contribution in [2.75, 3.05) is 7.11 Å². The van der Waals surface area contributed by atoms with Crippen molar-refractivity contribution in [1.82, 2.24) is 5.32 Å². The van der Waals surface area contributed by atoms with Crippen LogP contribution < -0.4 is 5.32 Å². The van der Waals surface area contributed by atoms with Crippen LogP contribution in [0.4, 0.5) is 0 Å². The lowest BCUT2D eigenvalue weighted by atomic mass is 10.3. The molecule has 1 rings (SSSR count). The Labute approximate surface area is 66.4 Å². The van der Waals surface area contributed by atoms with E-state index in [1.807, 2.05) is 0 Å². The van der Waals surface area contributed by atoms with Crippen LogP contribution in [0.25, 0.3) is 0 Å². The molecule has 0 aliphatic heterocycles. The maximum atomic E-state index is 10.6. The number of esters is 1. The van der Waals surface area contributed by atoms with Crippen LogP contribution >= 0.6 is 0 Å². The molecule has 0 aromatic heterocycles. The first-order valence-corrected chi connectivity index (χ1v) is 3.68. The van der Waals surface area contributed by atoms with Crippen molar-refractivity contribution in [1.29, 1.82) is 0 Å². The maximum absolute atomic E-state index is 10.6. The molecule has 3 heteroatoms. The van der Waals surface area contributed by atoms with Gasteiger partial charge in [-0.3, -0.25) is 0 Å². The van der Waals surface area contributed by atoms with E-state index in [0.29, 0.717) is 0 Å². The monoisotopic (exact) mass is 155 g/mol. The second kappa shape index (κ2) is 2.95. The summed E-state index contributed by atoms with van der Waals surface area (Å²) >= 11 is 0. The maximum Gasteiger partial charge on any atom is 0.331 e. The topological polar surface area (TPSA) is 38.3 Å². The Morgan fingerprint density at radius 1 is 1.64 bits per heavy atom. The Balaban J connectivity index is 2.20. The van der Waals surface area contributed by atoms with E-state index in [0.717, 1.165) is 0 Å². The highest BCUT2D eigenvalue weighted by atomic mass is 16.5. The average molecular weight is 155 g/mol. The summed E-state index contributed by atoms with van der Waals surface area (Å²) in [5, 5.41) is 3.12. The number of ether oxygens (including phenoxy) is 1. The van der Waals surface area contributed by atoms with Crippen LogP contribution in [0.5, 0.6) is 0 Å². The fourth-order valence-electron chi connectivity index (χ4n) is 0.711. The number of carbonyl (C=O) groups excluding carboxylic acids is 1. The van der Waals surface area contributed by atoms with Gasteiger partial charge in [0.2, 0.25) is 0 Å². The predicted molar refractivity (Wildman–Crippen MR) is 41.9 cm³/mol. The van der Waals surface area contributed by atoms with Gasteiger partial charge in [0.15, 0.2) is 0 Å². The molecule has 62 valence electrons. The summed E-state index contributed by atoms with van der Waals surface area (Å²) < 4.78 is 4.42. The van der Waals surface area contributed by atoms with E-state index in [9.17, 15) is 4.79 Å². The zero-order valence-corrected chi connectivity index (χ0v) is 6.89. The van der Waals surface area contributed by atoms with Gasteiger partial charge >= 0.3 is 5.97 Å². The summed E-state index contributed by atoms with van der Waals surface area (Å²) in [4.78, 5) is 10.6. The molecule has 0 unspecified atom stereocenters. The van der Waals surface area contributed by atoms with Crippen molar-refractivity contribution in [2.24, 2.45) is 0 Å². The van der Waals surface area contributed by atoms with E-state index < -0.39 is 0 Å². The number of hydrogen-bond acceptors (Lipinski definition) is 3. The molecule has 0 bridgehead atoms. The highest BCUT2D eigenvalue weighted by molar-refractivity contribution is 5.81. The molecule has 0 aromatic carbocycles. The van der Waals surface area contributed by atoms with Gasteiger partial charge in [-0.15, -0.1) is 0 Å². The van der Waals surface area contributed by atoms with Crippen LogP contribution in [0.3, 0.4) is 0 Å². The molecule has 0 aromatic rings. The molecule has 11 heavy (non-hydrogen) atoms. The highest BCUT2D eigenvalue weighted by Crippen LogP contribution is 2.33. The number of nitrogens with one attached hydrogen (secondary N) is 1. The second-order valence-electron chi connectivity index (χ2n) is 3.06. The van der Waals surface area contributed by atoms with Crippen LogP contribution in [0, 0.1) is 0 Å². The van der Waals surface area contributed by atoms with Crippen molar-refractivity contribution >= 4 is 5.97 Å². The predicted octanol–water partition coefficient (Wildman–Crippen LogP) is 0.815. The number of rotatable bonds is 3. The van der Waals surface area contributed by atoms with Gasteiger partial charge in [-0.25, -0.2) is 4.79 Å². The quantitative estimate of drug-likeness (QED) is 0.484. The molecular weight excluding hydrogens is 142 g/mol. The van der Waals surface area contributed by atoms with E-state index in [4.69, 9.17) is 0 Å². The fraction of sp³-hybridized carbons (Fsp3) is 0.625. The molecule has 0 radical (unpaired) electrons. The second-order valence-corrected chi connectivity index (χ2v) is 3.06. The molecule has 0 spiro atoms. The third kappa shape index (κ3) is 2.62. The first kappa shape index (κ1) is 8.11. The molecule has 1 aliphatic carbocycles. The molecule has 1 saturated carbocycles. The lowest BCUT2D eigenvalue weighted by molar-refractivity contribution is -0.134. The fourth-order valence-corrected chi connectivity index (χ4v) is 0.711. The van der Waals surface area contributed by atoms with Crippen LogP contribution in [-0.2, 0) is 9.53 Å². The highest BCUT2D eigenvalue weighted by Gasteiger charge is 2.35. The third-order valence-corrected chi connectivity index (χ3v) is 1.85. The largest absolute Gasteiger partial charge is 0.466 e. The minimum Gasteiger partial charge on any atom is -0.466 e. The van der Waals surface area contributed by atoms with E-state index in [2.05, 4.69) is 17.0 Å². The van der Waals surface area contributed by atoms with E-state index in [1.165, 1.54) is 26.0 Å². The standard InChI is InChI=1S/C8H13NO2/c1-8(4-5-8)9-6-3-7(10)11-2/h3,6,9H,4-5H2,1-2H3/b6-3+. The Bertz CT molecular complexity index is 183. The van der Waals surface area contributed by atoms with Gasteiger partial charge in [-0.1, -0.05) is 0 Å². The minimum atomic E-state index is -0.318.